The number of hydrogen-bond acceptors (Lipinski definition) is 1. The summed E-state index contributed by atoms with van der Waals surface area (Å²) in [5, 5.41) is 0. The lowest BCUT2D eigenvalue weighted by Crippen LogP contribution is -1.99. The molecule has 0 aliphatic carbocycles. The summed E-state index contributed by atoms with van der Waals surface area (Å²) in [5.74, 6) is 0.275. The first-order valence-corrected chi connectivity index (χ1v) is 6.66. The summed E-state index contributed by atoms with van der Waals surface area (Å²) in [5.41, 5.74) is 1.29. The van der Waals surface area contributed by atoms with Gasteiger partial charge in [-0.3, -0.25) is 0 Å². The topological polar surface area (TPSA) is 9.23 Å². The molecule has 0 atom stereocenters. The zero-order chi connectivity index (χ0) is 12.8. The molecular formula is C15H14BrFO. The number of ether oxygens (including phenoxy) is 1. The van der Waals surface area contributed by atoms with Crippen molar-refractivity contribution in [1.82, 2.24) is 0 Å². The van der Waals surface area contributed by atoms with Crippen molar-refractivity contribution in [3.8, 4) is 5.75 Å². The van der Waals surface area contributed by atoms with Crippen LogP contribution < -0.4 is 4.74 Å². The standard InChI is InChI=1S/C15H14BrFO/c16-13-9-14(17)11-15(10-13)18-8-4-7-12-5-2-1-3-6-12/h1-3,5-6,9-11H,4,7-8H2. The van der Waals surface area contributed by atoms with Crippen molar-refractivity contribution >= 4 is 15.9 Å². The third-order valence-corrected chi connectivity index (χ3v) is 3.02. The van der Waals surface area contributed by atoms with E-state index in [1.807, 2.05) is 18.2 Å². The molecule has 0 amide bonds. The van der Waals surface area contributed by atoms with E-state index in [9.17, 15) is 4.39 Å². The fourth-order valence-corrected chi connectivity index (χ4v) is 2.17. The quantitative estimate of drug-likeness (QED) is 0.734. The molecule has 0 aromatic heterocycles. The maximum absolute atomic E-state index is 13.1. The Labute approximate surface area is 115 Å². The molecule has 0 spiro atoms. The molecule has 0 bridgehead atoms. The highest BCUT2D eigenvalue weighted by atomic mass is 79.9. The van der Waals surface area contributed by atoms with Gasteiger partial charge in [0.25, 0.3) is 0 Å². The van der Waals surface area contributed by atoms with Crippen LogP contribution in [0.3, 0.4) is 0 Å². The largest absolute Gasteiger partial charge is 0.493 e. The molecule has 0 saturated carbocycles. The van der Waals surface area contributed by atoms with Gasteiger partial charge < -0.3 is 4.74 Å². The lowest BCUT2D eigenvalue weighted by atomic mass is 10.1. The van der Waals surface area contributed by atoms with Gasteiger partial charge in [-0.2, -0.15) is 0 Å². The Hall–Kier alpha value is -1.35. The van der Waals surface area contributed by atoms with E-state index in [0.29, 0.717) is 16.8 Å². The number of aryl methyl sites for hydroxylation is 1. The van der Waals surface area contributed by atoms with E-state index in [1.165, 1.54) is 17.7 Å². The summed E-state index contributed by atoms with van der Waals surface area (Å²) in [6.07, 6.45) is 1.88. The van der Waals surface area contributed by atoms with Crippen molar-refractivity contribution in [2.24, 2.45) is 0 Å². The van der Waals surface area contributed by atoms with E-state index in [2.05, 4.69) is 28.1 Å². The summed E-state index contributed by atoms with van der Waals surface area (Å²) in [6.45, 7) is 0.588. The fraction of sp³-hybridized carbons (Fsp3) is 0.200. The second-order valence-electron chi connectivity index (χ2n) is 4.04. The molecule has 2 aromatic rings. The Morgan fingerprint density at radius 3 is 2.56 bits per heavy atom. The average molecular weight is 309 g/mol. The highest BCUT2D eigenvalue weighted by molar-refractivity contribution is 9.10. The van der Waals surface area contributed by atoms with Gasteiger partial charge in [0.15, 0.2) is 0 Å². The molecule has 0 fully saturated rings. The van der Waals surface area contributed by atoms with Crippen molar-refractivity contribution in [3.05, 3.63) is 64.4 Å². The van der Waals surface area contributed by atoms with E-state index in [4.69, 9.17) is 4.74 Å². The minimum absolute atomic E-state index is 0.289. The van der Waals surface area contributed by atoms with Crippen LogP contribution in [0, 0.1) is 5.82 Å². The molecule has 0 N–H and O–H groups in total. The summed E-state index contributed by atoms with van der Waals surface area (Å²) in [6, 6.07) is 14.8. The molecule has 94 valence electrons. The zero-order valence-electron chi connectivity index (χ0n) is 9.90. The molecule has 0 radical (unpaired) electrons. The Balaban J connectivity index is 1.78. The first-order valence-electron chi connectivity index (χ1n) is 5.87. The van der Waals surface area contributed by atoms with E-state index in [1.54, 1.807) is 6.07 Å². The van der Waals surface area contributed by atoms with Crippen molar-refractivity contribution in [2.45, 2.75) is 12.8 Å². The van der Waals surface area contributed by atoms with Crippen LogP contribution in [0.25, 0.3) is 0 Å². The fourth-order valence-electron chi connectivity index (χ4n) is 1.72. The molecule has 0 aliphatic heterocycles. The first kappa shape index (κ1) is 13.1. The lowest BCUT2D eigenvalue weighted by molar-refractivity contribution is 0.309. The molecule has 2 rings (SSSR count). The number of halogens is 2. The molecular weight excluding hydrogens is 295 g/mol. The highest BCUT2D eigenvalue weighted by Crippen LogP contribution is 2.20. The summed E-state index contributed by atoms with van der Waals surface area (Å²) in [4.78, 5) is 0. The van der Waals surface area contributed by atoms with E-state index >= 15 is 0 Å². The molecule has 0 saturated heterocycles. The predicted molar refractivity (Wildman–Crippen MR) is 74.4 cm³/mol. The molecule has 0 unspecified atom stereocenters. The minimum Gasteiger partial charge on any atom is -0.493 e. The van der Waals surface area contributed by atoms with E-state index in [0.717, 1.165) is 12.8 Å². The molecule has 0 aliphatic rings. The molecule has 3 heteroatoms. The van der Waals surface area contributed by atoms with Crippen LogP contribution in [-0.2, 0) is 6.42 Å². The van der Waals surface area contributed by atoms with Crippen LogP contribution in [0.1, 0.15) is 12.0 Å². The van der Waals surface area contributed by atoms with Crippen LogP contribution in [0.2, 0.25) is 0 Å². The van der Waals surface area contributed by atoms with Gasteiger partial charge in [-0.25, -0.2) is 4.39 Å². The van der Waals surface area contributed by atoms with Gasteiger partial charge in [-0.1, -0.05) is 46.3 Å². The second-order valence-corrected chi connectivity index (χ2v) is 4.96. The van der Waals surface area contributed by atoms with Crippen molar-refractivity contribution in [3.63, 3.8) is 0 Å². The Bertz CT molecular complexity index is 479. The van der Waals surface area contributed by atoms with Gasteiger partial charge in [-0.05, 0) is 30.5 Å². The normalized spacial score (nSPS) is 10.3. The second kappa shape index (κ2) is 6.55. The van der Waals surface area contributed by atoms with Gasteiger partial charge in [0, 0.05) is 10.5 Å². The smallest absolute Gasteiger partial charge is 0.128 e. The van der Waals surface area contributed by atoms with Crippen molar-refractivity contribution < 1.29 is 9.13 Å². The third kappa shape index (κ3) is 4.15. The average Bonchev–Trinajstić information content (AvgIpc) is 2.35. The molecule has 1 nitrogen and oxygen atoms in total. The van der Waals surface area contributed by atoms with Crippen LogP contribution in [-0.4, -0.2) is 6.61 Å². The predicted octanol–water partition coefficient (Wildman–Crippen LogP) is 4.60. The SMILES string of the molecule is Fc1cc(Br)cc(OCCCc2ccccc2)c1. The van der Waals surface area contributed by atoms with Gasteiger partial charge in [0.1, 0.15) is 11.6 Å². The number of benzene rings is 2. The molecule has 0 heterocycles. The molecule has 18 heavy (non-hydrogen) atoms. The van der Waals surface area contributed by atoms with Gasteiger partial charge in [0.2, 0.25) is 0 Å². The zero-order valence-corrected chi connectivity index (χ0v) is 11.5. The highest BCUT2D eigenvalue weighted by Gasteiger charge is 2.00. The number of rotatable bonds is 5. The summed E-state index contributed by atoms with van der Waals surface area (Å²) >= 11 is 3.24. The Kier molecular flexibility index (Phi) is 4.76. The number of hydrogen-bond donors (Lipinski definition) is 0. The van der Waals surface area contributed by atoms with Crippen molar-refractivity contribution in [1.29, 1.82) is 0 Å². The van der Waals surface area contributed by atoms with Gasteiger partial charge in [-0.15, -0.1) is 0 Å². The molecule has 2 aromatic carbocycles. The monoisotopic (exact) mass is 308 g/mol. The van der Waals surface area contributed by atoms with Crippen LogP contribution in [0.15, 0.2) is 53.0 Å². The van der Waals surface area contributed by atoms with Crippen LogP contribution in [0.5, 0.6) is 5.75 Å². The Morgan fingerprint density at radius 2 is 1.83 bits per heavy atom. The Morgan fingerprint density at radius 1 is 1.06 bits per heavy atom. The van der Waals surface area contributed by atoms with Crippen molar-refractivity contribution in [2.75, 3.05) is 6.61 Å². The maximum Gasteiger partial charge on any atom is 0.128 e. The van der Waals surface area contributed by atoms with Crippen LogP contribution >= 0.6 is 15.9 Å². The maximum atomic E-state index is 13.1. The van der Waals surface area contributed by atoms with Gasteiger partial charge in [0.05, 0.1) is 6.61 Å². The van der Waals surface area contributed by atoms with Crippen LogP contribution in [0.4, 0.5) is 4.39 Å². The lowest BCUT2D eigenvalue weighted by Gasteiger charge is -2.07. The third-order valence-electron chi connectivity index (χ3n) is 2.56. The summed E-state index contributed by atoms with van der Waals surface area (Å²) < 4.78 is 19.3. The minimum atomic E-state index is -0.289. The first-order chi connectivity index (χ1) is 8.74. The van der Waals surface area contributed by atoms with E-state index in [-0.39, 0.29) is 5.82 Å². The van der Waals surface area contributed by atoms with Gasteiger partial charge >= 0.3 is 0 Å². The summed E-state index contributed by atoms with van der Waals surface area (Å²) in [7, 11) is 0. The van der Waals surface area contributed by atoms with E-state index < -0.39 is 0 Å².